The van der Waals surface area contributed by atoms with E-state index in [9.17, 15) is 0 Å². The second-order valence-electron chi connectivity index (χ2n) is 6.63. The van der Waals surface area contributed by atoms with Gasteiger partial charge in [0.05, 0.1) is 6.21 Å². The molecule has 0 fully saturated rings. The number of hydrogen-bond donors (Lipinski definition) is 1. The molecule has 3 aromatic rings. The molecule has 0 atom stereocenters. The summed E-state index contributed by atoms with van der Waals surface area (Å²) in [5.74, 6) is 0.810. The molecule has 6 heteroatoms. The standard InChI is InChI=1S/C18H20N4S2/c1-18(2,3)14-8-6-13(7-9-14)12-19-22-16(20-21-17(22)23)11-15-5-4-10-24-15/h4-10,12H,11H2,1-3H3,(H,21,23)/b19-12-. The summed E-state index contributed by atoms with van der Waals surface area (Å²) in [5, 5.41) is 13.7. The van der Waals surface area contributed by atoms with Crippen LogP contribution in [0.3, 0.4) is 0 Å². The second-order valence-corrected chi connectivity index (χ2v) is 8.05. The lowest BCUT2D eigenvalue weighted by Crippen LogP contribution is -2.10. The monoisotopic (exact) mass is 356 g/mol. The SMILES string of the molecule is CC(C)(C)c1ccc(/C=N\n2c(Cc3cccs3)n[nH]c2=S)cc1. The number of H-pyrrole nitrogens is 1. The van der Waals surface area contributed by atoms with Gasteiger partial charge in [-0.15, -0.1) is 11.3 Å². The molecule has 24 heavy (non-hydrogen) atoms. The van der Waals surface area contributed by atoms with Gasteiger partial charge in [-0.1, -0.05) is 51.1 Å². The van der Waals surface area contributed by atoms with Crippen molar-refractivity contribution < 1.29 is 0 Å². The first-order valence-corrected chi connectivity index (χ1v) is 9.06. The average molecular weight is 357 g/mol. The molecule has 4 nitrogen and oxygen atoms in total. The first-order valence-electron chi connectivity index (χ1n) is 7.77. The summed E-state index contributed by atoms with van der Waals surface area (Å²) < 4.78 is 2.19. The number of benzene rings is 1. The number of hydrogen-bond acceptors (Lipinski definition) is 4. The van der Waals surface area contributed by atoms with Crippen LogP contribution < -0.4 is 0 Å². The Morgan fingerprint density at radius 2 is 2.00 bits per heavy atom. The maximum atomic E-state index is 5.29. The van der Waals surface area contributed by atoms with E-state index in [2.05, 4.69) is 71.8 Å². The van der Waals surface area contributed by atoms with E-state index < -0.39 is 0 Å². The second kappa shape index (κ2) is 6.83. The van der Waals surface area contributed by atoms with E-state index in [1.807, 2.05) is 12.3 Å². The minimum atomic E-state index is 0.149. The van der Waals surface area contributed by atoms with Crippen LogP contribution in [0, 0.1) is 4.77 Å². The Kier molecular flexibility index (Phi) is 4.78. The Balaban J connectivity index is 1.82. The summed E-state index contributed by atoms with van der Waals surface area (Å²) >= 11 is 6.99. The molecule has 2 aromatic heterocycles. The summed E-state index contributed by atoms with van der Waals surface area (Å²) in [5.41, 5.74) is 2.49. The fourth-order valence-corrected chi connectivity index (χ4v) is 3.22. The molecule has 0 unspecified atom stereocenters. The highest BCUT2D eigenvalue weighted by molar-refractivity contribution is 7.71. The fourth-order valence-electron chi connectivity index (χ4n) is 2.32. The number of aromatic amines is 1. The summed E-state index contributed by atoms with van der Waals surface area (Å²) in [6.45, 7) is 6.62. The van der Waals surface area contributed by atoms with Gasteiger partial charge in [-0.25, -0.2) is 0 Å². The maximum absolute atomic E-state index is 5.29. The smallest absolute Gasteiger partial charge is 0.216 e. The van der Waals surface area contributed by atoms with Crippen LogP contribution in [0.25, 0.3) is 0 Å². The molecule has 0 aliphatic heterocycles. The van der Waals surface area contributed by atoms with Crippen molar-refractivity contribution in [2.45, 2.75) is 32.6 Å². The van der Waals surface area contributed by atoms with E-state index in [4.69, 9.17) is 12.2 Å². The van der Waals surface area contributed by atoms with Gasteiger partial charge in [0.25, 0.3) is 0 Å². The predicted octanol–water partition coefficient (Wildman–Crippen LogP) is 4.77. The molecule has 0 saturated heterocycles. The summed E-state index contributed by atoms with van der Waals surface area (Å²) in [7, 11) is 0. The van der Waals surface area contributed by atoms with Crippen molar-refractivity contribution >= 4 is 29.8 Å². The Labute approximate surface area is 150 Å². The van der Waals surface area contributed by atoms with Crippen molar-refractivity contribution in [3.05, 3.63) is 68.4 Å². The van der Waals surface area contributed by atoms with Gasteiger partial charge in [-0.05, 0) is 40.2 Å². The summed E-state index contributed by atoms with van der Waals surface area (Å²) in [4.78, 5) is 1.23. The largest absolute Gasteiger partial charge is 0.250 e. The van der Waals surface area contributed by atoms with E-state index >= 15 is 0 Å². The number of nitrogens with zero attached hydrogens (tertiary/aromatic N) is 3. The van der Waals surface area contributed by atoms with Crippen molar-refractivity contribution in [2.75, 3.05) is 0 Å². The van der Waals surface area contributed by atoms with Crippen LogP contribution in [-0.4, -0.2) is 21.1 Å². The Bertz CT molecular complexity index is 878. The quantitative estimate of drug-likeness (QED) is 0.540. The van der Waals surface area contributed by atoms with Crippen LogP contribution in [0.4, 0.5) is 0 Å². The van der Waals surface area contributed by atoms with Crippen LogP contribution in [-0.2, 0) is 11.8 Å². The molecule has 3 rings (SSSR count). The van der Waals surface area contributed by atoms with E-state index in [-0.39, 0.29) is 5.41 Å². The molecular formula is C18H20N4S2. The molecular weight excluding hydrogens is 336 g/mol. The van der Waals surface area contributed by atoms with Gasteiger partial charge in [-0.2, -0.15) is 14.9 Å². The van der Waals surface area contributed by atoms with Crippen molar-refractivity contribution in [1.29, 1.82) is 0 Å². The number of nitrogens with one attached hydrogen (secondary N) is 1. The highest BCUT2D eigenvalue weighted by Gasteiger charge is 2.12. The molecule has 1 N–H and O–H groups in total. The molecule has 0 aliphatic carbocycles. The molecule has 2 heterocycles. The Hall–Kier alpha value is -2.05. The van der Waals surface area contributed by atoms with E-state index in [0.717, 1.165) is 11.4 Å². The molecule has 124 valence electrons. The first kappa shape index (κ1) is 16.8. The zero-order valence-electron chi connectivity index (χ0n) is 14.0. The van der Waals surface area contributed by atoms with Crippen LogP contribution in [0.15, 0.2) is 46.9 Å². The van der Waals surface area contributed by atoms with Crippen molar-refractivity contribution in [2.24, 2.45) is 5.10 Å². The third-order valence-corrected chi connectivity index (χ3v) is 4.87. The molecule has 0 amide bonds. The van der Waals surface area contributed by atoms with Gasteiger partial charge in [0.1, 0.15) is 0 Å². The number of thiophene rings is 1. The lowest BCUT2D eigenvalue weighted by Gasteiger charge is -2.18. The van der Waals surface area contributed by atoms with Gasteiger partial charge in [-0.3, -0.25) is 5.10 Å². The molecule has 1 aromatic carbocycles. The number of rotatable bonds is 4. The highest BCUT2D eigenvalue weighted by Crippen LogP contribution is 2.21. The van der Waals surface area contributed by atoms with Crippen LogP contribution in [0.2, 0.25) is 0 Å². The third kappa shape index (κ3) is 3.88. The van der Waals surface area contributed by atoms with Gasteiger partial charge >= 0.3 is 0 Å². The fraction of sp³-hybridized carbons (Fsp3) is 0.278. The minimum absolute atomic E-state index is 0.149. The van der Waals surface area contributed by atoms with Gasteiger partial charge in [0.2, 0.25) is 4.77 Å². The van der Waals surface area contributed by atoms with E-state index in [1.54, 1.807) is 16.0 Å². The first-order chi connectivity index (χ1) is 11.4. The van der Waals surface area contributed by atoms with E-state index in [0.29, 0.717) is 11.2 Å². The zero-order valence-corrected chi connectivity index (χ0v) is 15.6. The Morgan fingerprint density at radius 1 is 1.25 bits per heavy atom. The molecule has 0 saturated carbocycles. The van der Waals surface area contributed by atoms with Crippen molar-refractivity contribution in [3.8, 4) is 0 Å². The van der Waals surface area contributed by atoms with Crippen LogP contribution in [0.1, 0.15) is 42.6 Å². The average Bonchev–Trinajstić information content (AvgIpc) is 3.16. The normalized spacial score (nSPS) is 12.1. The van der Waals surface area contributed by atoms with Crippen LogP contribution >= 0.6 is 23.6 Å². The van der Waals surface area contributed by atoms with Gasteiger partial charge in [0, 0.05) is 11.3 Å². The summed E-state index contributed by atoms with van der Waals surface area (Å²) in [6, 6.07) is 12.6. The van der Waals surface area contributed by atoms with Crippen LogP contribution in [0.5, 0.6) is 0 Å². The third-order valence-electron chi connectivity index (χ3n) is 3.73. The zero-order chi connectivity index (χ0) is 17.2. The van der Waals surface area contributed by atoms with Gasteiger partial charge < -0.3 is 0 Å². The van der Waals surface area contributed by atoms with Gasteiger partial charge in [0.15, 0.2) is 5.82 Å². The minimum Gasteiger partial charge on any atom is -0.250 e. The molecule has 0 bridgehead atoms. The number of aromatic nitrogens is 3. The summed E-state index contributed by atoms with van der Waals surface area (Å²) in [6.07, 6.45) is 2.53. The topological polar surface area (TPSA) is 46.0 Å². The highest BCUT2D eigenvalue weighted by atomic mass is 32.1. The lowest BCUT2D eigenvalue weighted by atomic mass is 9.87. The predicted molar refractivity (Wildman–Crippen MR) is 103 cm³/mol. The van der Waals surface area contributed by atoms with Crippen molar-refractivity contribution in [1.82, 2.24) is 14.9 Å². The lowest BCUT2D eigenvalue weighted by molar-refractivity contribution is 0.590. The molecule has 0 spiro atoms. The maximum Gasteiger partial charge on any atom is 0.216 e. The molecule has 0 radical (unpaired) electrons. The van der Waals surface area contributed by atoms with E-state index in [1.165, 1.54) is 10.4 Å². The molecule has 0 aliphatic rings. The van der Waals surface area contributed by atoms with Crippen molar-refractivity contribution in [3.63, 3.8) is 0 Å². The Morgan fingerprint density at radius 3 is 2.62 bits per heavy atom.